The molecular weight excluding hydrogens is 281 g/mol. The summed E-state index contributed by atoms with van der Waals surface area (Å²) in [6, 6.07) is 10.00. The molecule has 3 nitrogen and oxygen atoms in total. The monoisotopic (exact) mass is 302 g/mol. The SMILES string of the molecule is CC1(c2ccccc2)CN(CCOC(F)(F)F)CCCN1. The molecule has 1 aromatic rings. The van der Waals surface area contributed by atoms with Gasteiger partial charge in [0, 0.05) is 13.1 Å². The average molecular weight is 302 g/mol. The Morgan fingerprint density at radius 3 is 2.67 bits per heavy atom. The Morgan fingerprint density at radius 2 is 2.00 bits per heavy atom. The van der Waals surface area contributed by atoms with E-state index in [1.165, 1.54) is 0 Å². The lowest BCUT2D eigenvalue weighted by Gasteiger charge is -2.34. The molecule has 2 rings (SSSR count). The predicted molar refractivity (Wildman–Crippen MR) is 74.9 cm³/mol. The second kappa shape index (κ2) is 6.77. The van der Waals surface area contributed by atoms with Gasteiger partial charge in [-0.05, 0) is 32.0 Å². The fraction of sp³-hybridized carbons (Fsp3) is 0.600. The first kappa shape index (κ1) is 16.3. The van der Waals surface area contributed by atoms with Gasteiger partial charge in [0.05, 0.1) is 12.1 Å². The van der Waals surface area contributed by atoms with Gasteiger partial charge in [-0.2, -0.15) is 0 Å². The number of rotatable bonds is 4. The minimum atomic E-state index is -4.55. The van der Waals surface area contributed by atoms with E-state index in [4.69, 9.17) is 0 Å². The summed E-state index contributed by atoms with van der Waals surface area (Å²) in [6.45, 7) is 4.33. The highest BCUT2D eigenvalue weighted by atomic mass is 19.4. The number of hydrogen-bond donors (Lipinski definition) is 1. The van der Waals surface area contributed by atoms with Crippen molar-refractivity contribution in [2.24, 2.45) is 0 Å². The molecule has 1 aliphatic heterocycles. The van der Waals surface area contributed by atoms with Crippen LogP contribution in [0.4, 0.5) is 13.2 Å². The standard InChI is InChI=1S/C15H21F3N2O/c1-14(13-6-3-2-4-7-13)12-20(9-5-8-19-14)10-11-21-15(16,17)18/h2-4,6-7,19H,5,8-12H2,1H3. The van der Waals surface area contributed by atoms with Crippen LogP contribution in [0, 0.1) is 0 Å². The summed E-state index contributed by atoms with van der Waals surface area (Å²) in [5.74, 6) is 0. The molecule has 118 valence electrons. The highest BCUT2D eigenvalue weighted by Gasteiger charge is 2.32. The Bertz CT molecular complexity index is 438. The molecule has 21 heavy (non-hydrogen) atoms. The third-order valence-corrected chi connectivity index (χ3v) is 3.79. The molecule has 6 heteroatoms. The molecule has 0 spiro atoms. The van der Waals surface area contributed by atoms with Crippen molar-refractivity contribution in [1.29, 1.82) is 0 Å². The zero-order valence-electron chi connectivity index (χ0n) is 12.1. The third-order valence-electron chi connectivity index (χ3n) is 3.79. The van der Waals surface area contributed by atoms with Gasteiger partial charge in [0.15, 0.2) is 0 Å². The number of alkyl halides is 3. The van der Waals surface area contributed by atoms with Crippen molar-refractivity contribution in [2.45, 2.75) is 25.2 Å². The predicted octanol–water partition coefficient (Wildman–Crippen LogP) is 2.73. The second-order valence-electron chi connectivity index (χ2n) is 5.55. The largest absolute Gasteiger partial charge is 0.522 e. The summed E-state index contributed by atoms with van der Waals surface area (Å²) in [4.78, 5) is 2.03. The van der Waals surface area contributed by atoms with Crippen LogP contribution in [-0.4, -0.2) is 44.0 Å². The van der Waals surface area contributed by atoms with E-state index in [1.807, 2.05) is 35.2 Å². The van der Waals surface area contributed by atoms with E-state index < -0.39 is 6.36 Å². The number of benzene rings is 1. The molecule has 0 saturated carbocycles. The van der Waals surface area contributed by atoms with E-state index in [0.717, 1.165) is 25.1 Å². The maximum atomic E-state index is 12.1. The topological polar surface area (TPSA) is 24.5 Å². The summed E-state index contributed by atoms with van der Waals surface area (Å²) in [5.41, 5.74) is 0.893. The molecule has 1 saturated heterocycles. The van der Waals surface area contributed by atoms with Crippen LogP contribution in [0.2, 0.25) is 0 Å². The molecule has 1 fully saturated rings. The van der Waals surface area contributed by atoms with E-state index in [-0.39, 0.29) is 18.7 Å². The summed E-state index contributed by atoms with van der Waals surface area (Å²) < 4.78 is 40.0. The number of nitrogens with zero attached hydrogens (tertiary/aromatic N) is 1. The lowest BCUT2D eigenvalue weighted by atomic mass is 9.91. The molecule has 0 aliphatic carbocycles. The van der Waals surface area contributed by atoms with Gasteiger partial charge in [-0.25, -0.2) is 0 Å². The quantitative estimate of drug-likeness (QED) is 0.925. The first-order chi connectivity index (χ1) is 9.89. The summed E-state index contributed by atoms with van der Waals surface area (Å²) in [6.07, 6.45) is -3.64. The van der Waals surface area contributed by atoms with Crippen molar-refractivity contribution in [2.75, 3.05) is 32.8 Å². The van der Waals surface area contributed by atoms with E-state index in [1.54, 1.807) is 0 Å². The van der Waals surface area contributed by atoms with Gasteiger partial charge >= 0.3 is 6.36 Å². The molecule has 1 aliphatic rings. The van der Waals surface area contributed by atoms with Crippen LogP contribution in [0.3, 0.4) is 0 Å². The Morgan fingerprint density at radius 1 is 1.29 bits per heavy atom. The highest BCUT2D eigenvalue weighted by Crippen LogP contribution is 2.24. The lowest BCUT2D eigenvalue weighted by molar-refractivity contribution is -0.325. The molecule has 1 N–H and O–H groups in total. The average Bonchev–Trinajstić information content (AvgIpc) is 2.61. The van der Waals surface area contributed by atoms with Gasteiger partial charge in [0.25, 0.3) is 0 Å². The second-order valence-corrected chi connectivity index (χ2v) is 5.55. The minimum Gasteiger partial charge on any atom is -0.307 e. The fourth-order valence-corrected chi connectivity index (χ4v) is 2.73. The van der Waals surface area contributed by atoms with Gasteiger partial charge in [-0.1, -0.05) is 30.3 Å². The van der Waals surface area contributed by atoms with Gasteiger partial charge in [0.2, 0.25) is 0 Å². The molecule has 1 atom stereocenters. The first-order valence-corrected chi connectivity index (χ1v) is 7.13. The third kappa shape index (κ3) is 4.98. The van der Waals surface area contributed by atoms with Gasteiger partial charge in [-0.3, -0.25) is 9.64 Å². The zero-order valence-corrected chi connectivity index (χ0v) is 12.1. The van der Waals surface area contributed by atoms with Crippen molar-refractivity contribution in [1.82, 2.24) is 10.2 Å². The molecule has 1 unspecified atom stereocenters. The summed E-state index contributed by atoms with van der Waals surface area (Å²) >= 11 is 0. The highest BCUT2D eigenvalue weighted by molar-refractivity contribution is 5.24. The van der Waals surface area contributed by atoms with Crippen LogP contribution in [0.1, 0.15) is 18.9 Å². The Balaban J connectivity index is 1.98. The van der Waals surface area contributed by atoms with E-state index in [0.29, 0.717) is 6.54 Å². The van der Waals surface area contributed by atoms with Crippen LogP contribution in [0.15, 0.2) is 30.3 Å². The minimum absolute atomic E-state index is 0.254. The van der Waals surface area contributed by atoms with Crippen LogP contribution < -0.4 is 5.32 Å². The van der Waals surface area contributed by atoms with Crippen LogP contribution in [0.5, 0.6) is 0 Å². The van der Waals surface area contributed by atoms with Gasteiger partial charge in [-0.15, -0.1) is 13.2 Å². The molecule has 0 amide bonds. The number of nitrogens with one attached hydrogen (secondary N) is 1. The molecule has 1 aromatic carbocycles. The Labute approximate surface area is 123 Å². The number of halogens is 3. The fourth-order valence-electron chi connectivity index (χ4n) is 2.73. The summed E-state index contributed by atoms with van der Waals surface area (Å²) in [7, 11) is 0. The van der Waals surface area contributed by atoms with E-state index >= 15 is 0 Å². The van der Waals surface area contributed by atoms with Gasteiger partial charge < -0.3 is 5.32 Å². The van der Waals surface area contributed by atoms with E-state index in [9.17, 15) is 13.2 Å². The van der Waals surface area contributed by atoms with Crippen LogP contribution in [0.25, 0.3) is 0 Å². The molecule has 0 aromatic heterocycles. The van der Waals surface area contributed by atoms with Gasteiger partial charge in [0.1, 0.15) is 0 Å². The molecule has 0 radical (unpaired) electrons. The van der Waals surface area contributed by atoms with Crippen molar-refractivity contribution in [3.8, 4) is 0 Å². The van der Waals surface area contributed by atoms with Crippen molar-refractivity contribution < 1.29 is 17.9 Å². The maximum Gasteiger partial charge on any atom is 0.522 e. The molecule has 1 heterocycles. The van der Waals surface area contributed by atoms with Crippen molar-refractivity contribution >= 4 is 0 Å². The number of ether oxygens (including phenoxy) is 1. The smallest absolute Gasteiger partial charge is 0.307 e. The van der Waals surface area contributed by atoms with E-state index in [2.05, 4.69) is 17.0 Å². The van der Waals surface area contributed by atoms with Crippen molar-refractivity contribution in [3.05, 3.63) is 35.9 Å². The first-order valence-electron chi connectivity index (χ1n) is 7.13. The number of hydrogen-bond acceptors (Lipinski definition) is 3. The maximum absolute atomic E-state index is 12.1. The summed E-state index contributed by atoms with van der Waals surface area (Å²) in [5, 5.41) is 3.51. The lowest BCUT2D eigenvalue weighted by Crippen LogP contribution is -2.47. The molecular formula is C15H21F3N2O. The Hall–Kier alpha value is -1.11. The normalized spacial score (nSPS) is 24.8. The zero-order chi connectivity index (χ0) is 15.3. The van der Waals surface area contributed by atoms with Crippen molar-refractivity contribution in [3.63, 3.8) is 0 Å². The van der Waals surface area contributed by atoms with Crippen LogP contribution in [-0.2, 0) is 10.3 Å². The molecule has 0 bridgehead atoms. The van der Waals surface area contributed by atoms with Crippen LogP contribution >= 0.6 is 0 Å². The Kier molecular flexibility index (Phi) is 5.24.